The van der Waals surface area contributed by atoms with E-state index >= 15 is 0 Å². The highest BCUT2D eigenvalue weighted by Gasteiger charge is 2.41. The molecule has 0 aromatic rings. The molecule has 17 heavy (non-hydrogen) atoms. The molecule has 2 aliphatic heterocycles. The highest BCUT2D eigenvalue weighted by molar-refractivity contribution is 5.69. The molecule has 0 spiro atoms. The molecule has 2 heterocycles. The van der Waals surface area contributed by atoms with Gasteiger partial charge in [-0.05, 0) is 20.8 Å². The van der Waals surface area contributed by atoms with Crippen molar-refractivity contribution in [1.82, 2.24) is 9.80 Å². The first kappa shape index (κ1) is 12.6. The van der Waals surface area contributed by atoms with Crippen LogP contribution < -0.4 is 0 Å². The van der Waals surface area contributed by atoms with E-state index in [2.05, 4.69) is 4.90 Å². The summed E-state index contributed by atoms with van der Waals surface area (Å²) in [6.45, 7) is 9.35. The normalized spacial score (nSPS) is 23.2. The number of hydrogen-bond acceptors (Lipinski definition) is 4. The van der Waals surface area contributed by atoms with E-state index in [0.29, 0.717) is 12.0 Å². The van der Waals surface area contributed by atoms with E-state index < -0.39 is 5.60 Å². The Labute approximate surface area is 102 Å². The molecule has 2 rings (SSSR count). The summed E-state index contributed by atoms with van der Waals surface area (Å²) in [5.41, 5.74) is -0.416. The summed E-state index contributed by atoms with van der Waals surface area (Å²) in [4.78, 5) is 15.7. The van der Waals surface area contributed by atoms with Gasteiger partial charge in [0.15, 0.2) is 0 Å². The topological polar surface area (TPSA) is 53.0 Å². The monoisotopic (exact) mass is 242 g/mol. The van der Waals surface area contributed by atoms with Crippen LogP contribution in [0.3, 0.4) is 0 Å². The molecule has 2 saturated heterocycles. The Hall–Kier alpha value is -0.810. The van der Waals surface area contributed by atoms with Gasteiger partial charge in [0, 0.05) is 44.7 Å². The molecule has 2 fully saturated rings. The molecule has 0 unspecified atom stereocenters. The first-order valence-electron chi connectivity index (χ1n) is 6.22. The third-order valence-electron chi connectivity index (χ3n) is 3.27. The predicted octanol–water partition coefficient (Wildman–Crippen LogP) is 0.530. The lowest BCUT2D eigenvalue weighted by atomic mass is 9.95. The molecule has 0 bridgehead atoms. The van der Waals surface area contributed by atoms with Crippen molar-refractivity contribution >= 4 is 6.09 Å². The molecule has 0 aromatic carbocycles. The third-order valence-corrected chi connectivity index (χ3v) is 3.27. The predicted molar refractivity (Wildman–Crippen MR) is 63.7 cm³/mol. The number of likely N-dealkylation sites (tertiary alicyclic amines) is 2. The minimum absolute atomic E-state index is 0.215. The van der Waals surface area contributed by atoms with Crippen molar-refractivity contribution in [3.8, 4) is 0 Å². The number of hydrogen-bond donors (Lipinski definition) is 1. The molecular formula is C12H22N2O3. The summed E-state index contributed by atoms with van der Waals surface area (Å²) < 4.78 is 5.29. The average Bonchev–Trinajstić information content (AvgIpc) is 2.02. The lowest BCUT2D eigenvalue weighted by Crippen LogP contribution is -2.66. The van der Waals surface area contributed by atoms with Crippen molar-refractivity contribution in [3.05, 3.63) is 0 Å². The molecule has 1 N–H and O–H groups in total. The molecule has 1 amide bonds. The number of aliphatic hydroxyl groups excluding tert-OH is 1. The summed E-state index contributed by atoms with van der Waals surface area (Å²) in [6, 6.07) is 0.463. The zero-order chi connectivity index (χ0) is 12.6. The Kier molecular flexibility index (Phi) is 3.32. The smallest absolute Gasteiger partial charge is 0.410 e. The summed E-state index contributed by atoms with van der Waals surface area (Å²) in [6.07, 6.45) is -0.215. The Balaban J connectivity index is 1.67. The van der Waals surface area contributed by atoms with Crippen LogP contribution in [-0.2, 0) is 4.74 Å². The van der Waals surface area contributed by atoms with Crippen molar-refractivity contribution < 1.29 is 14.6 Å². The van der Waals surface area contributed by atoms with Crippen molar-refractivity contribution in [2.45, 2.75) is 32.4 Å². The van der Waals surface area contributed by atoms with Crippen molar-refractivity contribution in [2.75, 3.05) is 32.8 Å². The molecule has 0 atom stereocenters. The molecule has 0 saturated carbocycles. The summed E-state index contributed by atoms with van der Waals surface area (Å²) in [7, 11) is 0. The van der Waals surface area contributed by atoms with Crippen molar-refractivity contribution in [1.29, 1.82) is 0 Å². The van der Waals surface area contributed by atoms with Crippen molar-refractivity contribution in [2.24, 2.45) is 5.92 Å². The lowest BCUT2D eigenvalue weighted by molar-refractivity contribution is -0.0535. The van der Waals surface area contributed by atoms with Gasteiger partial charge in [0.2, 0.25) is 0 Å². The molecule has 0 aromatic heterocycles. The first-order valence-corrected chi connectivity index (χ1v) is 6.22. The fourth-order valence-corrected chi connectivity index (χ4v) is 2.19. The molecular weight excluding hydrogens is 220 g/mol. The maximum atomic E-state index is 11.7. The first-order chi connectivity index (χ1) is 7.89. The van der Waals surface area contributed by atoms with Crippen LogP contribution in [0, 0.1) is 5.92 Å². The van der Waals surface area contributed by atoms with Crippen LogP contribution in [0.2, 0.25) is 0 Å². The van der Waals surface area contributed by atoms with Gasteiger partial charge in [-0.25, -0.2) is 4.79 Å². The van der Waals surface area contributed by atoms with E-state index in [-0.39, 0.29) is 12.7 Å². The number of aliphatic hydroxyl groups is 1. The van der Waals surface area contributed by atoms with Gasteiger partial charge in [-0.1, -0.05) is 0 Å². The fourth-order valence-electron chi connectivity index (χ4n) is 2.19. The number of nitrogens with zero attached hydrogens (tertiary/aromatic N) is 2. The van der Waals surface area contributed by atoms with Gasteiger partial charge in [-0.3, -0.25) is 4.90 Å². The second-order valence-corrected chi connectivity index (χ2v) is 6.04. The fraction of sp³-hybridized carbons (Fsp3) is 0.917. The van der Waals surface area contributed by atoms with E-state index in [1.807, 2.05) is 20.8 Å². The van der Waals surface area contributed by atoms with Crippen LogP contribution in [0.15, 0.2) is 0 Å². The Morgan fingerprint density at radius 2 is 1.88 bits per heavy atom. The Morgan fingerprint density at radius 1 is 1.29 bits per heavy atom. The van der Waals surface area contributed by atoms with Crippen LogP contribution >= 0.6 is 0 Å². The van der Waals surface area contributed by atoms with E-state index in [1.54, 1.807) is 4.90 Å². The zero-order valence-electron chi connectivity index (χ0n) is 10.8. The quantitative estimate of drug-likeness (QED) is 0.767. The summed E-state index contributed by atoms with van der Waals surface area (Å²) in [5.74, 6) is 0.436. The van der Waals surface area contributed by atoms with Gasteiger partial charge in [-0.15, -0.1) is 0 Å². The van der Waals surface area contributed by atoms with E-state index in [0.717, 1.165) is 26.2 Å². The largest absolute Gasteiger partial charge is 0.444 e. The zero-order valence-corrected chi connectivity index (χ0v) is 10.8. The van der Waals surface area contributed by atoms with Gasteiger partial charge in [0.1, 0.15) is 5.60 Å². The molecule has 0 aliphatic carbocycles. The van der Waals surface area contributed by atoms with Gasteiger partial charge in [-0.2, -0.15) is 0 Å². The minimum Gasteiger partial charge on any atom is -0.444 e. The molecule has 2 aliphatic rings. The number of rotatable bonds is 2. The highest BCUT2D eigenvalue weighted by Crippen LogP contribution is 2.25. The second kappa shape index (κ2) is 4.46. The SMILES string of the molecule is CC(C)(C)OC(=O)N1CC(N2CC(CO)C2)C1. The Bertz CT molecular complexity index is 289. The van der Waals surface area contributed by atoms with Crippen LogP contribution in [0.1, 0.15) is 20.8 Å². The number of carbonyl (C=O) groups is 1. The van der Waals surface area contributed by atoms with E-state index in [9.17, 15) is 4.79 Å². The van der Waals surface area contributed by atoms with Gasteiger partial charge in [0.25, 0.3) is 0 Å². The maximum absolute atomic E-state index is 11.7. The third kappa shape index (κ3) is 2.90. The van der Waals surface area contributed by atoms with Gasteiger partial charge < -0.3 is 14.7 Å². The number of carbonyl (C=O) groups excluding carboxylic acids is 1. The van der Waals surface area contributed by atoms with E-state index in [1.165, 1.54) is 0 Å². The van der Waals surface area contributed by atoms with Crippen LogP contribution in [0.5, 0.6) is 0 Å². The average molecular weight is 242 g/mol. The summed E-state index contributed by atoms with van der Waals surface area (Å²) >= 11 is 0. The molecule has 5 heteroatoms. The van der Waals surface area contributed by atoms with Gasteiger partial charge in [0.05, 0.1) is 0 Å². The summed E-state index contributed by atoms with van der Waals surface area (Å²) in [5, 5.41) is 8.93. The standard InChI is InChI=1S/C12H22N2O3/c1-12(2,3)17-11(16)14-6-10(7-14)13-4-9(5-13)8-15/h9-10,15H,4-8H2,1-3H3. The van der Waals surface area contributed by atoms with Crippen LogP contribution in [-0.4, -0.2) is 65.4 Å². The van der Waals surface area contributed by atoms with Gasteiger partial charge >= 0.3 is 6.09 Å². The molecule has 0 radical (unpaired) electrons. The minimum atomic E-state index is -0.416. The maximum Gasteiger partial charge on any atom is 0.410 e. The molecule has 5 nitrogen and oxygen atoms in total. The number of amides is 1. The second-order valence-electron chi connectivity index (χ2n) is 6.04. The highest BCUT2D eigenvalue weighted by atomic mass is 16.6. The van der Waals surface area contributed by atoms with Crippen molar-refractivity contribution in [3.63, 3.8) is 0 Å². The van der Waals surface area contributed by atoms with Crippen LogP contribution in [0.25, 0.3) is 0 Å². The Morgan fingerprint density at radius 3 is 2.35 bits per heavy atom. The molecule has 98 valence electrons. The van der Waals surface area contributed by atoms with E-state index in [4.69, 9.17) is 9.84 Å². The lowest BCUT2D eigenvalue weighted by Gasteiger charge is -2.51. The van der Waals surface area contributed by atoms with Crippen LogP contribution in [0.4, 0.5) is 4.79 Å². The number of ether oxygens (including phenoxy) is 1.